The third-order valence-electron chi connectivity index (χ3n) is 5.60. The molecule has 6 nitrogen and oxygen atoms in total. The second-order valence-electron chi connectivity index (χ2n) is 7.91. The molecule has 1 aliphatic heterocycles. The quantitative estimate of drug-likeness (QED) is 0.357. The van der Waals surface area contributed by atoms with E-state index >= 15 is 0 Å². The van der Waals surface area contributed by atoms with E-state index in [9.17, 15) is 14.7 Å². The second kappa shape index (κ2) is 8.67. The highest BCUT2D eigenvalue weighted by atomic mass is 16.5. The largest absolute Gasteiger partial charge is 0.507 e. The zero-order valence-electron chi connectivity index (χ0n) is 18.1. The number of Topliss-reactive ketones (excluding diaryl/α,β-unsaturated/α-hetero) is 1. The van der Waals surface area contributed by atoms with Crippen LogP contribution in [0.1, 0.15) is 42.5 Å². The zero-order valence-corrected chi connectivity index (χ0v) is 18.1. The first kappa shape index (κ1) is 21.3. The fraction of sp³-hybridized carbons (Fsp3) is 0.192. The normalized spacial score (nSPS) is 17.8. The number of pyridine rings is 1. The molecule has 162 valence electrons. The maximum Gasteiger partial charge on any atom is 0.301 e. The van der Waals surface area contributed by atoms with Crippen molar-refractivity contribution in [2.75, 3.05) is 12.0 Å². The van der Waals surface area contributed by atoms with Crippen molar-refractivity contribution in [2.24, 2.45) is 0 Å². The van der Waals surface area contributed by atoms with Gasteiger partial charge in [0.1, 0.15) is 17.3 Å². The summed E-state index contributed by atoms with van der Waals surface area (Å²) < 4.78 is 5.25. The molecule has 0 spiro atoms. The van der Waals surface area contributed by atoms with Crippen LogP contribution < -0.4 is 9.64 Å². The number of aliphatic hydroxyl groups is 1. The third-order valence-corrected chi connectivity index (χ3v) is 5.60. The molecule has 1 aromatic heterocycles. The van der Waals surface area contributed by atoms with Gasteiger partial charge in [-0.1, -0.05) is 56.3 Å². The molecule has 2 aromatic carbocycles. The summed E-state index contributed by atoms with van der Waals surface area (Å²) in [5, 5.41) is 11.2. The van der Waals surface area contributed by atoms with Gasteiger partial charge in [0.05, 0.1) is 18.7 Å². The molecule has 6 heteroatoms. The van der Waals surface area contributed by atoms with Crippen LogP contribution in [0.3, 0.4) is 0 Å². The summed E-state index contributed by atoms with van der Waals surface area (Å²) in [6, 6.07) is 18.8. The highest BCUT2D eigenvalue weighted by molar-refractivity contribution is 6.51. The number of benzene rings is 2. The molecular formula is C26H24N2O4. The maximum atomic E-state index is 13.1. The minimum Gasteiger partial charge on any atom is -0.507 e. The summed E-state index contributed by atoms with van der Waals surface area (Å²) in [5.41, 5.74) is 2.26. The number of ether oxygens (including phenoxy) is 1. The fourth-order valence-electron chi connectivity index (χ4n) is 3.87. The van der Waals surface area contributed by atoms with Gasteiger partial charge in [0.2, 0.25) is 0 Å². The zero-order chi connectivity index (χ0) is 22.8. The molecule has 2 heterocycles. The molecule has 1 N–H and O–H groups in total. The minimum absolute atomic E-state index is 0.0196. The highest BCUT2D eigenvalue weighted by Gasteiger charge is 2.47. The van der Waals surface area contributed by atoms with Crippen LogP contribution in [-0.4, -0.2) is 28.9 Å². The number of carbonyl (C=O) groups excluding carboxylic acids is 2. The average Bonchev–Trinajstić information content (AvgIpc) is 3.09. The monoisotopic (exact) mass is 428 g/mol. The van der Waals surface area contributed by atoms with Gasteiger partial charge in [-0.3, -0.25) is 14.5 Å². The minimum atomic E-state index is -0.808. The van der Waals surface area contributed by atoms with Crippen molar-refractivity contribution >= 4 is 23.3 Å². The summed E-state index contributed by atoms with van der Waals surface area (Å²) in [5.74, 6) is -0.523. The molecule has 1 saturated heterocycles. The van der Waals surface area contributed by atoms with Crippen molar-refractivity contribution in [3.63, 3.8) is 0 Å². The van der Waals surface area contributed by atoms with Crippen molar-refractivity contribution in [3.05, 3.63) is 95.2 Å². The molecule has 0 aliphatic carbocycles. The molecule has 32 heavy (non-hydrogen) atoms. The number of aromatic nitrogens is 1. The van der Waals surface area contributed by atoms with E-state index in [4.69, 9.17) is 4.74 Å². The Morgan fingerprint density at radius 2 is 1.78 bits per heavy atom. The Labute approximate surface area is 186 Å². The van der Waals surface area contributed by atoms with E-state index in [1.165, 1.54) is 12.0 Å². The van der Waals surface area contributed by atoms with E-state index in [0.717, 1.165) is 5.56 Å². The van der Waals surface area contributed by atoms with Gasteiger partial charge in [-0.05, 0) is 41.3 Å². The molecule has 0 bridgehead atoms. The van der Waals surface area contributed by atoms with Gasteiger partial charge < -0.3 is 9.84 Å². The van der Waals surface area contributed by atoms with Crippen LogP contribution in [0.2, 0.25) is 0 Å². The van der Waals surface area contributed by atoms with Gasteiger partial charge in [0.15, 0.2) is 0 Å². The lowest BCUT2D eigenvalue weighted by Crippen LogP contribution is -2.30. The van der Waals surface area contributed by atoms with Crippen LogP contribution in [0.25, 0.3) is 5.76 Å². The topological polar surface area (TPSA) is 79.7 Å². The second-order valence-corrected chi connectivity index (χ2v) is 7.91. The number of hydrogen-bond donors (Lipinski definition) is 1. The Morgan fingerprint density at radius 1 is 1.03 bits per heavy atom. The molecule has 1 aliphatic rings. The maximum absolute atomic E-state index is 13.1. The Kier molecular flexibility index (Phi) is 5.77. The molecule has 0 unspecified atom stereocenters. The van der Waals surface area contributed by atoms with Crippen molar-refractivity contribution in [3.8, 4) is 5.75 Å². The van der Waals surface area contributed by atoms with Gasteiger partial charge in [0, 0.05) is 11.8 Å². The third kappa shape index (κ3) is 3.75. The Hall–Kier alpha value is -3.93. The van der Waals surface area contributed by atoms with Crippen LogP contribution in [-0.2, 0) is 9.59 Å². The number of carbonyl (C=O) groups is 2. The predicted molar refractivity (Wildman–Crippen MR) is 123 cm³/mol. The lowest BCUT2D eigenvalue weighted by atomic mass is 9.93. The molecule has 1 atom stereocenters. The molecule has 0 radical (unpaired) electrons. The number of ketones is 1. The number of rotatable bonds is 5. The molecule has 1 amide bonds. The number of aliphatic hydroxyl groups excluding tert-OH is 1. The lowest BCUT2D eigenvalue weighted by molar-refractivity contribution is -0.132. The van der Waals surface area contributed by atoms with E-state index in [1.54, 1.807) is 48.7 Å². The smallest absolute Gasteiger partial charge is 0.301 e. The SMILES string of the molecule is COc1cccc(C(O)=C2C(=O)C(=O)N(c3ccccn3)[C@@H]2c2ccc(C(C)C)cc2)c1. The van der Waals surface area contributed by atoms with Crippen molar-refractivity contribution in [1.29, 1.82) is 0 Å². The number of hydrogen-bond acceptors (Lipinski definition) is 5. The molecule has 0 saturated carbocycles. The van der Waals surface area contributed by atoms with E-state index in [1.807, 2.05) is 24.3 Å². The van der Waals surface area contributed by atoms with Crippen LogP contribution in [0.15, 0.2) is 78.5 Å². The number of nitrogens with zero attached hydrogens (tertiary/aromatic N) is 2. The Bertz CT molecular complexity index is 1180. The fourth-order valence-corrected chi connectivity index (χ4v) is 3.87. The van der Waals surface area contributed by atoms with Crippen molar-refractivity contribution in [2.45, 2.75) is 25.8 Å². The summed E-state index contributed by atoms with van der Waals surface area (Å²) in [6.07, 6.45) is 1.57. The Morgan fingerprint density at radius 3 is 2.41 bits per heavy atom. The van der Waals surface area contributed by atoms with Gasteiger partial charge in [-0.25, -0.2) is 4.98 Å². The highest BCUT2D eigenvalue weighted by Crippen LogP contribution is 2.42. The number of methoxy groups -OCH3 is 1. The number of anilines is 1. The van der Waals surface area contributed by atoms with Crippen LogP contribution >= 0.6 is 0 Å². The molecule has 3 aromatic rings. The first-order chi connectivity index (χ1) is 15.4. The lowest BCUT2D eigenvalue weighted by Gasteiger charge is -2.24. The molecular weight excluding hydrogens is 404 g/mol. The summed E-state index contributed by atoms with van der Waals surface area (Å²) >= 11 is 0. The summed E-state index contributed by atoms with van der Waals surface area (Å²) in [6.45, 7) is 4.19. The number of amides is 1. The summed E-state index contributed by atoms with van der Waals surface area (Å²) in [7, 11) is 1.52. The van der Waals surface area contributed by atoms with E-state index in [-0.39, 0.29) is 11.3 Å². The van der Waals surface area contributed by atoms with Gasteiger partial charge >= 0.3 is 5.91 Å². The van der Waals surface area contributed by atoms with E-state index in [2.05, 4.69) is 18.8 Å². The van der Waals surface area contributed by atoms with E-state index in [0.29, 0.717) is 28.6 Å². The van der Waals surface area contributed by atoms with Gasteiger partial charge in [-0.2, -0.15) is 0 Å². The Balaban J connectivity index is 1.92. The van der Waals surface area contributed by atoms with Gasteiger partial charge in [0.25, 0.3) is 5.78 Å². The van der Waals surface area contributed by atoms with Crippen LogP contribution in [0.4, 0.5) is 5.82 Å². The predicted octanol–water partition coefficient (Wildman–Crippen LogP) is 4.84. The van der Waals surface area contributed by atoms with Crippen LogP contribution in [0, 0.1) is 0 Å². The first-order valence-corrected chi connectivity index (χ1v) is 10.4. The molecule has 4 rings (SSSR count). The first-order valence-electron chi connectivity index (χ1n) is 10.4. The van der Waals surface area contributed by atoms with Crippen LogP contribution in [0.5, 0.6) is 5.75 Å². The molecule has 1 fully saturated rings. The summed E-state index contributed by atoms with van der Waals surface area (Å²) in [4.78, 5) is 31.9. The van der Waals surface area contributed by atoms with Crippen molar-refractivity contribution < 1.29 is 19.4 Å². The van der Waals surface area contributed by atoms with E-state index < -0.39 is 17.7 Å². The standard InChI is InChI=1S/C26H24N2O4/c1-16(2)17-10-12-18(13-11-17)23-22(24(29)19-7-6-8-20(15-19)32-3)25(30)26(31)28(23)21-9-4-5-14-27-21/h4-16,23,29H,1-3H3/t23-/m1/s1. The average molecular weight is 428 g/mol. The van der Waals surface area contributed by atoms with Crippen molar-refractivity contribution in [1.82, 2.24) is 4.98 Å². The van der Waals surface area contributed by atoms with Gasteiger partial charge in [-0.15, -0.1) is 0 Å².